The zero-order valence-corrected chi connectivity index (χ0v) is 12.4. The Morgan fingerprint density at radius 2 is 1.50 bits per heavy atom. The highest BCUT2D eigenvalue weighted by Gasteiger charge is 2.12. The largest absolute Gasteiger partial charge is 0.292 e. The molecular formula is C19H11ClN2. The Morgan fingerprint density at radius 1 is 0.727 bits per heavy atom. The van der Waals surface area contributed by atoms with Gasteiger partial charge in [0.2, 0.25) is 0 Å². The first-order valence-electron chi connectivity index (χ1n) is 7.20. The maximum absolute atomic E-state index is 6.24. The molecule has 2 heterocycles. The van der Waals surface area contributed by atoms with Gasteiger partial charge in [-0.1, -0.05) is 48.0 Å². The van der Waals surface area contributed by atoms with Crippen LogP contribution in [-0.2, 0) is 0 Å². The molecule has 0 unspecified atom stereocenters. The number of para-hydroxylation sites is 2. The van der Waals surface area contributed by atoms with Gasteiger partial charge in [-0.25, -0.2) is 4.98 Å². The van der Waals surface area contributed by atoms with Gasteiger partial charge in [0.25, 0.3) is 0 Å². The predicted molar refractivity (Wildman–Crippen MR) is 92.7 cm³/mol. The van der Waals surface area contributed by atoms with E-state index in [2.05, 4.69) is 46.9 Å². The summed E-state index contributed by atoms with van der Waals surface area (Å²) in [4.78, 5) is 4.85. The second kappa shape index (κ2) is 4.21. The standard InChI is InChI=1S/C19H11ClN2/c20-12-9-10-17-15(11-12)13-5-1-2-6-14(13)19-21-16-7-3-4-8-18(16)22(17)19/h1-11H. The molecule has 5 rings (SSSR count). The van der Waals surface area contributed by atoms with Crippen LogP contribution in [0.4, 0.5) is 0 Å². The summed E-state index contributed by atoms with van der Waals surface area (Å²) in [6, 6.07) is 22.6. The van der Waals surface area contributed by atoms with Gasteiger partial charge in [0.15, 0.2) is 0 Å². The highest BCUT2D eigenvalue weighted by molar-refractivity contribution is 6.32. The zero-order valence-electron chi connectivity index (χ0n) is 11.6. The molecule has 3 heteroatoms. The maximum Gasteiger partial charge on any atom is 0.146 e. The van der Waals surface area contributed by atoms with E-state index < -0.39 is 0 Å². The first kappa shape index (κ1) is 12.0. The third kappa shape index (κ3) is 1.48. The van der Waals surface area contributed by atoms with Crippen molar-refractivity contribution in [2.24, 2.45) is 0 Å². The minimum absolute atomic E-state index is 0.751. The van der Waals surface area contributed by atoms with Crippen LogP contribution in [0, 0.1) is 0 Å². The molecule has 0 atom stereocenters. The van der Waals surface area contributed by atoms with Crippen LogP contribution in [0.3, 0.4) is 0 Å². The first-order chi connectivity index (χ1) is 10.8. The third-order valence-electron chi connectivity index (χ3n) is 4.22. The molecule has 104 valence electrons. The number of benzene rings is 3. The predicted octanol–water partition coefficient (Wildman–Crippen LogP) is 5.45. The second-order valence-corrected chi connectivity index (χ2v) is 5.90. The quantitative estimate of drug-likeness (QED) is 0.348. The van der Waals surface area contributed by atoms with Gasteiger partial charge < -0.3 is 0 Å². The van der Waals surface area contributed by atoms with Crippen LogP contribution in [0.1, 0.15) is 0 Å². The van der Waals surface area contributed by atoms with Gasteiger partial charge in [0.1, 0.15) is 5.65 Å². The van der Waals surface area contributed by atoms with Crippen LogP contribution in [-0.4, -0.2) is 9.38 Å². The van der Waals surface area contributed by atoms with E-state index in [0.29, 0.717) is 0 Å². The Bertz CT molecular complexity index is 1190. The van der Waals surface area contributed by atoms with Crippen molar-refractivity contribution >= 4 is 50.0 Å². The lowest BCUT2D eigenvalue weighted by Crippen LogP contribution is -1.91. The van der Waals surface area contributed by atoms with E-state index in [1.54, 1.807) is 0 Å². The number of halogens is 1. The highest BCUT2D eigenvalue weighted by atomic mass is 35.5. The molecule has 0 saturated heterocycles. The van der Waals surface area contributed by atoms with Crippen LogP contribution in [0.2, 0.25) is 5.02 Å². The number of rotatable bonds is 0. The van der Waals surface area contributed by atoms with Crippen molar-refractivity contribution in [1.82, 2.24) is 9.38 Å². The minimum Gasteiger partial charge on any atom is -0.292 e. The molecule has 0 amide bonds. The molecule has 5 aromatic rings. The molecule has 0 aliphatic rings. The van der Waals surface area contributed by atoms with Crippen molar-refractivity contribution < 1.29 is 0 Å². The van der Waals surface area contributed by atoms with Gasteiger partial charge in [-0.2, -0.15) is 0 Å². The van der Waals surface area contributed by atoms with E-state index in [4.69, 9.17) is 16.6 Å². The molecule has 0 bridgehead atoms. The van der Waals surface area contributed by atoms with Gasteiger partial charge in [0.05, 0.1) is 16.6 Å². The Balaban J connectivity index is 2.23. The highest BCUT2D eigenvalue weighted by Crippen LogP contribution is 2.33. The summed E-state index contributed by atoms with van der Waals surface area (Å²) < 4.78 is 2.23. The number of hydrogen-bond acceptors (Lipinski definition) is 1. The summed E-state index contributed by atoms with van der Waals surface area (Å²) in [5.74, 6) is 0. The summed E-state index contributed by atoms with van der Waals surface area (Å²) in [7, 11) is 0. The molecule has 0 fully saturated rings. The molecule has 3 aromatic carbocycles. The molecule has 2 nitrogen and oxygen atoms in total. The molecule has 0 saturated carbocycles. The average Bonchev–Trinajstić information content (AvgIpc) is 2.95. The lowest BCUT2D eigenvalue weighted by Gasteiger charge is -2.09. The molecule has 0 radical (unpaired) electrons. The van der Waals surface area contributed by atoms with Crippen LogP contribution >= 0.6 is 11.6 Å². The maximum atomic E-state index is 6.24. The monoisotopic (exact) mass is 302 g/mol. The van der Waals surface area contributed by atoms with E-state index in [1.807, 2.05) is 24.3 Å². The Hall–Kier alpha value is -2.58. The number of nitrogens with zero attached hydrogens (tertiary/aromatic N) is 2. The molecule has 2 aromatic heterocycles. The van der Waals surface area contributed by atoms with Crippen LogP contribution in [0.5, 0.6) is 0 Å². The molecule has 22 heavy (non-hydrogen) atoms. The third-order valence-corrected chi connectivity index (χ3v) is 4.45. The fraction of sp³-hybridized carbons (Fsp3) is 0. The number of pyridine rings is 1. The van der Waals surface area contributed by atoms with Crippen molar-refractivity contribution in [3.05, 3.63) is 71.8 Å². The van der Waals surface area contributed by atoms with Gasteiger partial charge in [-0.15, -0.1) is 0 Å². The van der Waals surface area contributed by atoms with E-state index >= 15 is 0 Å². The SMILES string of the molecule is Clc1ccc2c(c1)c1ccccc1c1nc3ccccc3n21. The lowest BCUT2D eigenvalue weighted by atomic mass is 10.1. The Kier molecular flexibility index (Phi) is 2.30. The fourth-order valence-electron chi connectivity index (χ4n) is 3.28. The van der Waals surface area contributed by atoms with Crippen molar-refractivity contribution in [2.75, 3.05) is 0 Å². The van der Waals surface area contributed by atoms with Gasteiger partial charge in [-0.05, 0) is 35.7 Å². The zero-order chi connectivity index (χ0) is 14.7. The summed E-state index contributed by atoms with van der Waals surface area (Å²) in [5.41, 5.74) is 4.25. The van der Waals surface area contributed by atoms with Gasteiger partial charge in [0, 0.05) is 15.8 Å². The summed E-state index contributed by atoms with van der Waals surface area (Å²) in [6.07, 6.45) is 0. The van der Waals surface area contributed by atoms with Crippen LogP contribution < -0.4 is 0 Å². The molecule has 0 spiro atoms. The fourth-order valence-corrected chi connectivity index (χ4v) is 3.45. The Labute approximate surface area is 131 Å². The summed E-state index contributed by atoms with van der Waals surface area (Å²) in [5, 5.41) is 4.23. The normalized spacial score (nSPS) is 11.9. The summed E-state index contributed by atoms with van der Waals surface area (Å²) in [6.45, 7) is 0. The van der Waals surface area contributed by atoms with Gasteiger partial charge >= 0.3 is 0 Å². The lowest BCUT2D eigenvalue weighted by molar-refractivity contribution is 1.31. The number of fused-ring (bicyclic) bond motifs is 8. The van der Waals surface area contributed by atoms with E-state index in [1.165, 1.54) is 5.39 Å². The molecule has 0 aliphatic heterocycles. The van der Waals surface area contributed by atoms with Crippen molar-refractivity contribution in [3.63, 3.8) is 0 Å². The molecule has 0 N–H and O–H groups in total. The number of imidazole rings is 1. The van der Waals surface area contributed by atoms with Gasteiger partial charge in [-0.3, -0.25) is 4.40 Å². The van der Waals surface area contributed by atoms with Crippen LogP contribution in [0.25, 0.3) is 38.4 Å². The first-order valence-corrected chi connectivity index (χ1v) is 7.58. The molecular weight excluding hydrogens is 292 g/mol. The van der Waals surface area contributed by atoms with Crippen molar-refractivity contribution in [2.45, 2.75) is 0 Å². The minimum atomic E-state index is 0.751. The van der Waals surface area contributed by atoms with Crippen molar-refractivity contribution in [3.8, 4) is 0 Å². The smallest absolute Gasteiger partial charge is 0.146 e. The second-order valence-electron chi connectivity index (χ2n) is 5.47. The van der Waals surface area contributed by atoms with Crippen molar-refractivity contribution in [1.29, 1.82) is 0 Å². The van der Waals surface area contributed by atoms with E-state index in [-0.39, 0.29) is 0 Å². The number of hydrogen-bond donors (Lipinski definition) is 0. The topological polar surface area (TPSA) is 17.3 Å². The van der Waals surface area contributed by atoms with Crippen LogP contribution in [0.15, 0.2) is 66.7 Å². The Morgan fingerprint density at radius 3 is 2.41 bits per heavy atom. The summed E-state index contributed by atoms with van der Waals surface area (Å²) >= 11 is 6.24. The molecule has 0 aliphatic carbocycles. The van der Waals surface area contributed by atoms with E-state index in [9.17, 15) is 0 Å². The van der Waals surface area contributed by atoms with E-state index in [0.717, 1.165) is 38.0 Å². The number of aromatic nitrogens is 2. The average molecular weight is 303 g/mol.